The van der Waals surface area contributed by atoms with Gasteiger partial charge in [0.25, 0.3) is 0 Å². The maximum atomic E-state index is 13.3. The average molecular weight is 429 g/mol. The molecule has 2 aromatic rings. The molecule has 1 fully saturated rings. The average Bonchev–Trinajstić information content (AvgIpc) is 2.85. The van der Waals surface area contributed by atoms with Crippen molar-refractivity contribution in [3.63, 3.8) is 0 Å². The van der Waals surface area contributed by atoms with Crippen LogP contribution in [0.5, 0.6) is 0 Å². The van der Waals surface area contributed by atoms with E-state index >= 15 is 0 Å². The lowest BCUT2D eigenvalue weighted by Crippen LogP contribution is -2.58. The summed E-state index contributed by atoms with van der Waals surface area (Å²) < 4.78 is 0. The Morgan fingerprint density at radius 1 is 1.03 bits per heavy atom. The van der Waals surface area contributed by atoms with Gasteiger partial charge in [0.05, 0.1) is 5.54 Å². The number of nitrogens with zero attached hydrogens (tertiary/aromatic N) is 2. The maximum absolute atomic E-state index is 13.3. The molecule has 1 heterocycles. The molecular weight excluding hydrogens is 392 g/mol. The summed E-state index contributed by atoms with van der Waals surface area (Å²) in [7, 11) is 0. The van der Waals surface area contributed by atoms with Crippen LogP contribution < -0.4 is 4.90 Å². The van der Waals surface area contributed by atoms with Gasteiger partial charge >= 0.3 is 0 Å². The van der Waals surface area contributed by atoms with Crippen LogP contribution in [-0.2, 0) is 11.2 Å². The third-order valence-corrected chi connectivity index (χ3v) is 6.44. The molecular formula is C29H36N2O. The molecule has 168 valence electrons. The van der Waals surface area contributed by atoms with Crippen molar-refractivity contribution in [1.82, 2.24) is 4.90 Å². The van der Waals surface area contributed by atoms with Crippen LogP contribution in [0.4, 0.5) is 5.69 Å². The van der Waals surface area contributed by atoms with E-state index in [9.17, 15) is 4.79 Å². The number of allylic oxidation sites excluding steroid dienone is 3. The third-order valence-electron chi connectivity index (χ3n) is 6.44. The number of likely N-dealkylation sites (tertiary alicyclic amines) is 1. The molecule has 3 heteroatoms. The van der Waals surface area contributed by atoms with E-state index in [4.69, 9.17) is 0 Å². The van der Waals surface area contributed by atoms with Crippen LogP contribution in [-0.4, -0.2) is 36.0 Å². The fourth-order valence-corrected chi connectivity index (χ4v) is 4.57. The molecule has 3 nitrogen and oxygen atoms in total. The Labute approximate surface area is 193 Å². The Morgan fingerprint density at radius 2 is 1.66 bits per heavy atom. The van der Waals surface area contributed by atoms with Crippen LogP contribution in [0.1, 0.15) is 38.7 Å². The zero-order valence-electron chi connectivity index (χ0n) is 19.5. The fraction of sp³-hybridized carbons (Fsp3) is 0.345. The third kappa shape index (κ3) is 5.66. The first kappa shape index (κ1) is 23.7. The van der Waals surface area contributed by atoms with Gasteiger partial charge in [-0.25, -0.2) is 0 Å². The van der Waals surface area contributed by atoms with Crippen LogP contribution in [0.2, 0.25) is 0 Å². The quantitative estimate of drug-likeness (QED) is 0.444. The van der Waals surface area contributed by atoms with E-state index in [0.717, 1.165) is 50.2 Å². The van der Waals surface area contributed by atoms with Crippen molar-refractivity contribution < 1.29 is 4.79 Å². The minimum Gasteiger partial charge on any atom is -0.303 e. The number of hydrogen-bond acceptors (Lipinski definition) is 2. The second kappa shape index (κ2) is 11.6. The predicted octanol–water partition coefficient (Wildman–Crippen LogP) is 6.20. The number of anilines is 1. The highest BCUT2D eigenvalue weighted by Gasteiger charge is 2.44. The van der Waals surface area contributed by atoms with Gasteiger partial charge in [0.15, 0.2) is 0 Å². The number of rotatable bonds is 9. The molecule has 0 unspecified atom stereocenters. The summed E-state index contributed by atoms with van der Waals surface area (Å²) in [5.74, 6) is 0.148. The van der Waals surface area contributed by atoms with Crippen molar-refractivity contribution in [1.29, 1.82) is 0 Å². The summed E-state index contributed by atoms with van der Waals surface area (Å²) in [6.07, 6.45) is 11.4. The standard InChI is InChI=1S/C29H36N2O/c1-4-6-9-14-25(3)29(31(28(32)5-2)27-17-12-8-13-18-27)20-23-30(24-21-29)22-19-26-15-10-7-11-16-26/h4,6-18H,3,5,19-24H2,1-2H3/b6-4-,14-9-. The van der Waals surface area contributed by atoms with Crippen LogP contribution in [0.15, 0.2) is 97.1 Å². The zero-order valence-corrected chi connectivity index (χ0v) is 19.5. The van der Waals surface area contributed by atoms with Gasteiger partial charge in [-0.1, -0.05) is 86.3 Å². The van der Waals surface area contributed by atoms with E-state index in [2.05, 4.69) is 47.9 Å². The molecule has 0 atom stereocenters. The Morgan fingerprint density at radius 3 is 2.25 bits per heavy atom. The van der Waals surface area contributed by atoms with Crippen molar-refractivity contribution in [2.24, 2.45) is 0 Å². The first-order valence-corrected chi connectivity index (χ1v) is 11.7. The highest BCUT2D eigenvalue weighted by molar-refractivity contribution is 5.95. The fourth-order valence-electron chi connectivity index (χ4n) is 4.57. The molecule has 0 bridgehead atoms. The predicted molar refractivity (Wildman–Crippen MR) is 136 cm³/mol. The summed E-state index contributed by atoms with van der Waals surface area (Å²) in [5, 5.41) is 0. The number of carbonyl (C=O) groups is 1. The largest absolute Gasteiger partial charge is 0.303 e. The number of amides is 1. The second-order valence-corrected chi connectivity index (χ2v) is 8.44. The lowest BCUT2D eigenvalue weighted by atomic mass is 9.78. The number of piperidine rings is 1. The van der Waals surface area contributed by atoms with Gasteiger partial charge in [-0.2, -0.15) is 0 Å². The van der Waals surface area contributed by atoms with E-state index in [1.165, 1.54) is 5.56 Å². The molecule has 1 amide bonds. The van der Waals surface area contributed by atoms with Gasteiger partial charge in [-0.15, -0.1) is 0 Å². The van der Waals surface area contributed by atoms with Gasteiger partial charge in [0.1, 0.15) is 0 Å². The van der Waals surface area contributed by atoms with Crippen LogP contribution >= 0.6 is 0 Å². The second-order valence-electron chi connectivity index (χ2n) is 8.44. The molecule has 2 aromatic carbocycles. The lowest BCUT2D eigenvalue weighted by Gasteiger charge is -2.49. The van der Waals surface area contributed by atoms with Crippen molar-refractivity contribution in [2.45, 2.75) is 45.1 Å². The molecule has 1 saturated heterocycles. The number of para-hydroxylation sites is 1. The topological polar surface area (TPSA) is 23.6 Å². The Balaban J connectivity index is 1.85. The lowest BCUT2D eigenvalue weighted by molar-refractivity contribution is -0.119. The minimum atomic E-state index is -0.407. The molecule has 0 radical (unpaired) electrons. The van der Waals surface area contributed by atoms with E-state index < -0.39 is 5.54 Å². The van der Waals surface area contributed by atoms with Crippen LogP contribution in [0.3, 0.4) is 0 Å². The van der Waals surface area contributed by atoms with Crippen molar-refractivity contribution in [2.75, 3.05) is 24.5 Å². The van der Waals surface area contributed by atoms with Crippen LogP contribution in [0, 0.1) is 0 Å². The first-order valence-electron chi connectivity index (χ1n) is 11.7. The molecule has 1 aliphatic heterocycles. The summed E-state index contributed by atoms with van der Waals surface area (Å²) in [6, 6.07) is 20.8. The highest BCUT2D eigenvalue weighted by atomic mass is 16.2. The number of benzene rings is 2. The summed E-state index contributed by atoms with van der Waals surface area (Å²) in [6.45, 7) is 11.4. The molecule has 0 N–H and O–H groups in total. The Bertz CT molecular complexity index is 922. The Hall–Kier alpha value is -2.91. The smallest absolute Gasteiger partial charge is 0.227 e. The number of carbonyl (C=O) groups excluding carboxylic acids is 1. The maximum Gasteiger partial charge on any atom is 0.227 e. The number of hydrogen-bond donors (Lipinski definition) is 0. The molecule has 0 aromatic heterocycles. The van der Waals surface area contributed by atoms with Gasteiger partial charge in [0.2, 0.25) is 5.91 Å². The van der Waals surface area contributed by atoms with Gasteiger partial charge in [-0.05, 0) is 49.5 Å². The van der Waals surface area contributed by atoms with E-state index in [1.807, 2.05) is 67.3 Å². The SMILES string of the molecule is C=C(/C=C\C=C/C)C1(N(C(=O)CC)c2ccccc2)CCN(CCc2ccccc2)CC1. The normalized spacial score (nSPS) is 16.4. The van der Waals surface area contributed by atoms with Crippen molar-refractivity contribution >= 4 is 11.6 Å². The summed E-state index contributed by atoms with van der Waals surface area (Å²) >= 11 is 0. The van der Waals surface area contributed by atoms with Gasteiger partial charge in [0, 0.05) is 31.7 Å². The molecule has 3 rings (SSSR count). The monoisotopic (exact) mass is 428 g/mol. The van der Waals surface area contributed by atoms with E-state index in [1.54, 1.807) is 0 Å². The molecule has 0 saturated carbocycles. The van der Waals surface area contributed by atoms with Crippen LogP contribution in [0.25, 0.3) is 0 Å². The molecule has 1 aliphatic rings. The highest BCUT2D eigenvalue weighted by Crippen LogP contribution is 2.39. The minimum absolute atomic E-state index is 0.148. The summed E-state index contributed by atoms with van der Waals surface area (Å²) in [4.78, 5) is 17.8. The molecule has 0 spiro atoms. The van der Waals surface area contributed by atoms with Gasteiger partial charge < -0.3 is 9.80 Å². The van der Waals surface area contributed by atoms with E-state index in [0.29, 0.717) is 6.42 Å². The molecule has 32 heavy (non-hydrogen) atoms. The first-order chi connectivity index (χ1) is 15.6. The summed E-state index contributed by atoms with van der Waals surface area (Å²) in [5.41, 5.74) is 2.92. The van der Waals surface area contributed by atoms with Crippen molar-refractivity contribution in [3.8, 4) is 0 Å². The van der Waals surface area contributed by atoms with Gasteiger partial charge in [-0.3, -0.25) is 4.79 Å². The van der Waals surface area contributed by atoms with E-state index in [-0.39, 0.29) is 5.91 Å². The Kier molecular flexibility index (Phi) is 8.64. The zero-order chi connectivity index (χ0) is 22.8. The van der Waals surface area contributed by atoms with Crippen molar-refractivity contribution in [3.05, 3.63) is 103 Å². The molecule has 0 aliphatic carbocycles.